The summed E-state index contributed by atoms with van der Waals surface area (Å²) in [6, 6.07) is 1.86. The van der Waals surface area contributed by atoms with Gasteiger partial charge in [0.25, 0.3) is 5.91 Å². The van der Waals surface area contributed by atoms with Gasteiger partial charge < -0.3 is 14.8 Å². The Labute approximate surface area is 166 Å². The normalized spacial score (nSPS) is 23.6. The maximum atomic E-state index is 13.2. The summed E-state index contributed by atoms with van der Waals surface area (Å²) in [5.74, 6) is -0.479. The highest BCUT2D eigenvalue weighted by Crippen LogP contribution is 2.38. The molecule has 2 aliphatic rings. The molecule has 2 saturated heterocycles. The van der Waals surface area contributed by atoms with Gasteiger partial charge in [0.1, 0.15) is 5.75 Å². The van der Waals surface area contributed by atoms with E-state index in [1.807, 2.05) is 0 Å². The second-order valence-corrected chi connectivity index (χ2v) is 7.86. The second kappa shape index (κ2) is 8.92. The summed E-state index contributed by atoms with van der Waals surface area (Å²) in [5.41, 5.74) is -0.680. The van der Waals surface area contributed by atoms with Gasteiger partial charge in [-0.1, -0.05) is 0 Å². The first-order valence-corrected chi connectivity index (χ1v) is 10.5. The number of rotatable bonds is 5. The molecule has 3 rings (SSSR count). The van der Waals surface area contributed by atoms with Crippen LogP contribution in [0.15, 0.2) is 17.0 Å². The Morgan fingerprint density at radius 2 is 2.04 bits per heavy atom. The van der Waals surface area contributed by atoms with E-state index in [0.29, 0.717) is 19.6 Å². The Balaban J connectivity index is 1.86. The molecule has 0 saturated carbocycles. The van der Waals surface area contributed by atoms with Crippen molar-refractivity contribution in [2.24, 2.45) is 0 Å². The molecular weight excluding hydrogens is 393 g/mol. The third-order valence-electron chi connectivity index (χ3n) is 5.31. The van der Waals surface area contributed by atoms with Crippen LogP contribution in [0.1, 0.15) is 35.2 Å². The highest BCUT2D eigenvalue weighted by atomic mass is 32.2. The summed E-state index contributed by atoms with van der Waals surface area (Å²) in [6.07, 6.45) is 0.0625. The van der Waals surface area contributed by atoms with Crippen LogP contribution in [0.4, 0.5) is 13.2 Å². The van der Waals surface area contributed by atoms with Gasteiger partial charge in [0.05, 0.1) is 30.9 Å². The molecule has 0 bridgehead atoms. The molecule has 0 radical (unpaired) electrons. The highest BCUT2D eigenvalue weighted by molar-refractivity contribution is 7.98. The smallest absolute Gasteiger partial charge is 0.416 e. The number of benzene rings is 1. The van der Waals surface area contributed by atoms with E-state index in [4.69, 9.17) is 9.47 Å². The van der Waals surface area contributed by atoms with Crippen LogP contribution in [-0.2, 0) is 10.9 Å². The second-order valence-electron chi connectivity index (χ2n) is 7.01. The summed E-state index contributed by atoms with van der Waals surface area (Å²) < 4.78 is 50.3. The first-order valence-electron chi connectivity index (χ1n) is 9.31. The largest absolute Gasteiger partial charge is 0.496 e. The van der Waals surface area contributed by atoms with Crippen LogP contribution >= 0.6 is 11.8 Å². The zero-order valence-corrected chi connectivity index (χ0v) is 16.8. The van der Waals surface area contributed by atoms with E-state index in [2.05, 4.69) is 10.2 Å². The average Bonchev–Trinajstić information content (AvgIpc) is 3.21. The zero-order chi connectivity index (χ0) is 20.3. The number of likely N-dealkylation sites (tertiary alicyclic amines) is 1. The Kier molecular flexibility index (Phi) is 6.77. The topological polar surface area (TPSA) is 50.8 Å². The summed E-state index contributed by atoms with van der Waals surface area (Å²) >= 11 is 1.10. The van der Waals surface area contributed by atoms with Crippen LogP contribution in [0.25, 0.3) is 0 Å². The predicted molar refractivity (Wildman–Crippen MR) is 101 cm³/mol. The van der Waals surface area contributed by atoms with Crippen molar-refractivity contribution in [3.05, 3.63) is 23.3 Å². The number of methoxy groups -OCH3 is 1. The molecule has 0 spiro atoms. The lowest BCUT2D eigenvalue weighted by Crippen LogP contribution is -2.56. The number of hydrogen-bond donors (Lipinski definition) is 1. The van der Waals surface area contributed by atoms with Gasteiger partial charge in [-0.05, 0) is 50.7 Å². The molecule has 0 aromatic heterocycles. The summed E-state index contributed by atoms with van der Waals surface area (Å²) in [4.78, 5) is 15.6. The van der Waals surface area contributed by atoms with Gasteiger partial charge >= 0.3 is 6.18 Å². The molecule has 2 fully saturated rings. The van der Waals surface area contributed by atoms with Crippen molar-refractivity contribution in [2.75, 3.05) is 39.7 Å². The zero-order valence-electron chi connectivity index (χ0n) is 16.0. The van der Waals surface area contributed by atoms with Gasteiger partial charge in [-0.2, -0.15) is 13.2 Å². The van der Waals surface area contributed by atoms with Crippen molar-refractivity contribution in [2.45, 2.75) is 42.4 Å². The maximum absolute atomic E-state index is 13.2. The number of amides is 1. The minimum atomic E-state index is -4.51. The predicted octanol–water partition coefficient (Wildman–Crippen LogP) is 3.42. The molecule has 0 unspecified atom stereocenters. The molecule has 1 aromatic rings. The van der Waals surface area contributed by atoms with Gasteiger partial charge in [0.2, 0.25) is 0 Å². The number of alkyl halides is 3. The molecular formula is C19H25F3N2O3S. The van der Waals surface area contributed by atoms with E-state index < -0.39 is 17.6 Å². The number of carbonyl (C=O) groups excluding carboxylic acids is 1. The first-order chi connectivity index (χ1) is 13.3. The Morgan fingerprint density at radius 3 is 2.64 bits per heavy atom. The first kappa shape index (κ1) is 21.3. The lowest BCUT2D eigenvalue weighted by atomic mass is 10.0. The van der Waals surface area contributed by atoms with Crippen LogP contribution in [0.2, 0.25) is 0 Å². The number of hydrogen-bond acceptors (Lipinski definition) is 5. The fourth-order valence-electron chi connectivity index (χ4n) is 3.86. The molecule has 9 heteroatoms. The Bertz CT molecular complexity index is 683. The van der Waals surface area contributed by atoms with Crippen LogP contribution in [0.5, 0.6) is 5.75 Å². The van der Waals surface area contributed by atoms with Crippen LogP contribution < -0.4 is 10.1 Å². The molecule has 2 heterocycles. The molecule has 1 amide bonds. The average molecular weight is 418 g/mol. The Hall–Kier alpha value is -1.45. The molecule has 1 aromatic carbocycles. The third-order valence-corrected chi connectivity index (χ3v) is 6.07. The molecule has 28 heavy (non-hydrogen) atoms. The molecule has 2 atom stereocenters. The van der Waals surface area contributed by atoms with Gasteiger partial charge in [0, 0.05) is 17.5 Å². The van der Waals surface area contributed by atoms with E-state index in [0.717, 1.165) is 49.8 Å². The molecule has 5 nitrogen and oxygen atoms in total. The van der Waals surface area contributed by atoms with E-state index in [1.165, 1.54) is 7.11 Å². The standard InChI is InChI=1S/C19H25F3N2O3S/c1-26-15-9-12(19(20,21)22)10-16(28-2)17(15)18(25)23-13-5-8-27-11-14(13)24-6-3-4-7-24/h9-10,13-14H,3-8,11H2,1-2H3,(H,23,25)/t13-,14+/m1/s1. The number of nitrogens with zero attached hydrogens (tertiary/aromatic N) is 1. The minimum absolute atomic E-state index is 0.0681. The van der Waals surface area contributed by atoms with Gasteiger partial charge in [-0.3, -0.25) is 9.69 Å². The van der Waals surface area contributed by atoms with Gasteiger partial charge in [-0.15, -0.1) is 11.8 Å². The third kappa shape index (κ3) is 4.58. The summed E-state index contributed by atoms with van der Waals surface area (Å²) in [5, 5.41) is 3.03. The molecule has 0 aliphatic carbocycles. The SMILES string of the molecule is COc1cc(C(F)(F)F)cc(SC)c1C(=O)N[C@@H]1CCOC[C@@H]1N1CCCC1. The van der Waals surface area contributed by atoms with Gasteiger partial charge in [-0.25, -0.2) is 0 Å². The number of carbonyl (C=O) groups is 1. The Morgan fingerprint density at radius 1 is 1.32 bits per heavy atom. The fraction of sp³-hybridized carbons (Fsp3) is 0.632. The molecule has 156 valence electrons. The van der Waals surface area contributed by atoms with Gasteiger partial charge in [0.15, 0.2) is 0 Å². The monoisotopic (exact) mass is 418 g/mol. The van der Waals surface area contributed by atoms with E-state index in [9.17, 15) is 18.0 Å². The van der Waals surface area contributed by atoms with Crippen molar-refractivity contribution in [3.63, 3.8) is 0 Å². The van der Waals surface area contributed by atoms with Crippen molar-refractivity contribution >= 4 is 17.7 Å². The molecule has 2 aliphatic heterocycles. The van der Waals surface area contributed by atoms with Crippen LogP contribution in [0, 0.1) is 0 Å². The number of nitrogens with one attached hydrogen (secondary N) is 1. The number of halogens is 3. The van der Waals surface area contributed by atoms with E-state index in [-0.39, 0.29) is 28.3 Å². The fourth-order valence-corrected chi connectivity index (χ4v) is 4.51. The van der Waals surface area contributed by atoms with Crippen molar-refractivity contribution in [1.29, 1.82) is 0 Å². The summed E-state index contributed by atoms with van der Waals surface area (Å²) in [7, 11) is 1.28. The van der Waals surface area contributed by atoms with Crippen LogP contribution in [0.3, 0.4) is 0 Å². The van der Waals surface area contributed by atoms with Crippen molar-refractivity contribution < 1.29 is 27.4 Å². The quantitative estimate of drug-likeness (QED) is 0.743. The van der Waals surface area contributed by atoms with Crippen LogP contribution in [-0.4, -0.2) is 62.6 Å². The maximum Gasteiger partial charge on any atom is 0.416 e. The number of thioether (sulfide) groups is 1. The molecule has 1 N–H and O–H groups in total. The van der Waals surface area contributed by atoms with Crippen molar-refractivity contribution in [3.8, 4) is 5.75 Å². The van der Waals surface area contributed by atoms with Crippen molar-refractivity contribution in [1.82, 2.24) is 10.2 Å². The lowest BCUT2D eigenvalue weighted by molar-refractivity contribution is -0.137. The summed E-state index contributed by atoms with van der Waals surface area (Å²) in [6.45, 7) is 3.04. The lowest BCUT2D eigenvalue weighted by Gasteiger charge is -2.38. The minimum Gasteiger partial charge on any atom is -0.496 e. The number of ether oxygens (including phenoxy) is 2. The van der Waals surface area contributed by atoms with E-state index >= 15 is 0 Å². The highest BCUT2D eigenvalue weighted by Gasteiger charge is 2.36. The van der Waals surface area contributed by atoms with E-state index in [1.54, 1.807) is 6.26 Å².